The Balaban J connectivity index is 1.47. The molecule has 0 spiro atoms. The van der Waals surface area contributed by atoms with Crippen molar-refractivity contribution in [2.24, 2.45) is 0 Å². The summed E-state index contributed by atoms with van der Waals surface area (Å²) in [5.74, 6) is 2.01. The zero-order chi connectivity index (χ0) is 24.9. The van der Waals surface area contributed by atoms with Crippen molar-refractivity contribution in [3.63, 3.8) is 0 Å². The van der Waals surface area contributed by atoms with Crippen LogP contribution in [-0.2, 0) is 12.8 Å². The number of anilines is 1. The molecule has 1 aliphatic rings. The Hall–Kier alpha value is -4.45. The minimum Gasteiger partial charge on any atom is -0.493 e. The maximum Gasteiger partial charge on any atom is 0.359 e. The van der Waals surface area contributed by atoms with Gasteiger partial charge in [0.25, 0.3) is 0 Å². The molecule has 6 nitrogen and oxygen atoms in total. The number of nitrogens with one attached hydrogen (secondary N) is 1. The molecule has 0 radical (unpaired) electrons. The van der Waals surface area contributed by atoms with E-state index in [-0.39, 0.29) is 5.91 Å². The summed E-state index contributed by atoms with van der Waals surface area (Å²) in [4.78, 5) is 18.5. The van der Waals surface area contributed by atoms with Crippen LogP contribution in [0.2, 0.25) is 0 Å². The van der Waals surface area contributed by atoms with Gasteiger partial charge in [-0.3, -0.25) is 5.32 Å². The molecular formula is C30H28N3O3+. The highest BCUT2D eigenvalue weighted by molar-refractivity contribution is 5.83. The molecular weight excluding hydrogens is 450 g/mol. The van der Waals surface area contributed by atoms with Gasteiger partial charge in [0.2, 0.25) is 0 Å². The molecule has 0 fully saturated rings. The summed E-state index contributed by atoms with van der Waals surface area (Å²) in [7, 11) is 1.61. The molecule has 36 heavy (non-hydrogen) atoms. The second-order valence-electron chi connectivity index (χ2n) is 8.64. The van der Waals surface area contributed by atoms with Gasteiger partial charge in [0, 0.05) is 18.4 Å². The standard InChI is InChI=1S/C30H27N3O3/c1-3-16-36-27-15-14-22(19-28(27)35-2)18-25-30(34)33-20-26(23-12-8-5-9-13-23)31-24(29(33)32-25)17-21-10-6-4-7-11-21/h3-15,19-20,25H,1,16-18H2,2H3/p+1. The van der Waals surface area contributed by atoms with Gasteiger partial charge >= 0.3 is 11.7 Å². The average molecular weight is 479 g/mol. The van der Waals surface area contributed by atoms with Gasteiger partial charge in [-0.05, 0) is 23.3 Å². The zero-order valence-corrected chi connectivity index (χ0v) is 20.2. The monoisotopic (exact) mass is 478 g/mol. The number of hydrogen-bond donors (Lipinski definition) is 1. The predicted molar refractivity (Wildman–Crippen MR) is 140 cm³/mol. The van der Waals surface area contributed by atoms with Crippen LogP contribution in [0.15, 0.2) is 97.7 Å². The first-order valence-corrected chi connectivity index (χ1v) is 11.9. The number of carbonyl (C=O) groups excluding carboxylic acids is 1. The van der Waals surface area contributed by atoms with Crippen LogP contribution < -0.4 is 19.4 Å². The van der Waals surface area contributed by atoms with Crippen LogP contribution in [0.3, 0.4) is 0 Å². The fraction of sp³-hybridized carbons (Fsp3) is 0.167. The van der Waals surface area contributed by atoms with Crippen LogP contribution in [0, 0.1) is 0 Å². The van der Waals surface area contributed by atoms with Gasteiger partial charge in [-0.25, -0.2) is 9.78 Å². The highest BCUT2D eigenvalue weighted by atomic mass is 16.5. The Morgan fingerprint density at radius 1 is 1.00 bits per heavy atom. The number of rotatable bonds is 9. The Morgan fingerprint density at radius 2 is 1.75 bits per heavy atom. The molecule has 180 valence electrons. The number of benzene rings is 3. The molecule has 3 aromatic carbocycles. The van der Waals surface area contributed by atoms with Crippen LogP contribution in [-0.4, -0.2) is 30.6 Å². The number of carbonyl (C=O) groups is 1. The van der Waals surface area contributed by atoms with Crippen molar-refractivity contribution >= 4 is 11.7 Å². The smallest absolute Gasteiger partial charge is 0.359 e. The van der Waals surface area contributed by atoms with Gasteiger partial charge < -0.3 is 9.47 Å². The van der Waals surface area contributed by atoms with E-state index >= 15 is 0 Å². The van der Waals surface area contributed by atoms with E-state index in [4.69, 9.17) is 14.5 Å². The van der Waals surface area contributed by atoms with E-state index in [9.17, 15) is 4.79 Å². The number of methoxy groups -OCH3 is 1. The van der Waals surface area contributed by atoms with Crippen molar-refractivity contribution in [1.29, 1.82) is 0 Å². The molecule has 1 aliphatic heterocycles. The number of hydrogen-bond acceptors (Lipinski definition) is 5. The summed E-state index contributed by atoms with van der Waals surface area (Å²) in [5, 5.41) is 3.45. The van der Waals surface area contributed by atoms with Crippen LogP contribution in [0.4, 0.5) is 5.82 Å². The molecule has 1 aromatic heterocycles. The summed E-state index contributed by atoms with van der Waals surface area (Å²) in [6.45, 7) is 4.08. The average Bonchev–Trinajstić information content (AvgIpc) is 3.24. The molecule has 1 N–H and O–H groups in total. The van der Waals surface area contributed by atoms with Gasteiger partial charge in [0.1, 0.15) is 24.2 Å². The minimum absolute atomic E-state index is 0.00940. The van der Waals surface area contributed by atoms with E-state index in [2.05, 4.69) is 24.0 Å². The third kappa shape index (κ3) is 4.84. The largest absolute Gasteiger partial charge is 0.493 e. The van der Waals surface area contributed by atoms with Crippen LogP contribution in [0.1, 0.15) is 21.6 Å². The molecule has 1 unspecified atom stereocenters. The Bertz CT molecular complexity index is 1390. The van der Waals surface area contributed by atoms with Crippen molar-refractivity contribution in [3.8, 4) is 22.8 Å². The quantitative estimate of drug-likeness (QED) is 0.275. The fourth-order valence-electron chi connectivity index (χ4n) is 4.42. The van der Waals surface area contributed by atoms with Crippen molar-refractivity contribution < 1.29 is 18.8 Å². The lowest BCUT2D eigenvalue weighted by Gasteiger charge is -2.11. The lowest BCUT2D eigenvalue weighted by Crippen LogP contribution is -2.44. The molecule has 1 atom stereocenters. The van der Waals surface area contributed by atoms with E-state index in [0.29, 0.717) is 30.9 Å². The highest BCUT2D eigenvalue weighted by Crippen LogP contribution is 2.30. The maximum absolute atomic E-state index is 13.6. The van der Waals surface area contributed by atoms with Crippen molar-refractivity contribution in [1.82, 2.24) is 4.98 Å². The first kappa shape index (κ1) is 23.3. The Kier molecular flexibility index (Phi) is 6.76. The van der Waals surface area contributed by atoms with Crippen LogP contribution in [0.5, 0.6) is 11.5 Å². The van der Waals surface area contributed by atoms with Crippen LogP contribution in [0.25, 0.3) is 11.3 Å². The Labute approximate surface area is 210 Å². The van der Waals surface area contributed by atoms with Crippen molar-refractivity contribution in [2.45, 2.75) is 18.9 Å². The topological polar surface area (TPSA) is 64.3 Å². The number of aromatic nitrogens is 2. The van der Waals surface area contributed by atoms with Crippen LogP contribution >= 0.6 is 0 Å². The lowest BCUT2D eigenvalue weighted by atomic mass is 10.1. The summed E-state index contributed by atoms with van der Waals surface area (Å²) < 4.78 is 12.9. The SMILES string of the molecule is C=CCOc1ccc(CC2Nc3c(Cc4ccccc4)nc(-c4ccccc4)c[n+]3C2=O)cc1OC. The number of fused-ring (bicyclic) bond motifs is 1. The summed E-state index contributed by atoms with van der Waals surface area (Å²) in [6.07, 6.45) is 4.64. The fourth-order valence-corrected chi connectivity index (χ4v) is 4.42. The summed E-state index contributed by atoms with van der Waals surface area (Å²) in [5.41, 5.74) is 4.68. The van der Waals surface area contributed by atoms with E-state index in [0.717, 1.165) is 33.9 Å². The van der Waals surface area contributed by atoms with Gasteiger partial charge in [-0.2, -0.15) is 4.57 Å². The number of nitrogens with zero attached hydrogens (tertiary/aromatic N) is 2. The molecule has 5 rings (SSSR count). The normalized spacial score (nSPS) is 14.1. The number of ether oxygens (including phenoxy) is 2. The van der Waals surface area contributed by atoms with Crippen molar-refractivity contribution in [3.05, 3.63) is 115 Å². The molecule has 0 bridgehead atoms. The Morgan fingerprint density at radius 3 is 2.47 bits per heavy atom. The van der Waals surface area contributed by atoms with Gasteiger partial charge in [0.05, 0.1) is 7.11 Å². The molecule has 0 aliphatic carbocycles. The summed E-state index contributed by atoms with van der Waals surface area (Å²) >= 11 is 0. The lowest BCUT2D eigenvalue weighted by molar-refractivity contribution is -0.552. The molecule has 2 heterocycles. The van der Waals surface area contributed by atoms with E-state index in [1.54, 1.807) is 17.8 Å². The molecule has 6 heteroatoms. The third-order valence-corrected chi connectivity index (χ3v) is 6.18. The molecule has 0 saturated carbocycles. The first-order chi connectivity index (χ1) is 17.7. The highest BCUT2D eigenvalue weighted by Gasteiger charge is 2.41. The van der Waals surface area contributed by atoms with Gasteiger partial charge in [0.15, 0.2) is 17.5 Å². The predicted octanol–water partition coefficient (Wildman–Crippen LogP) is 4.88. The zero-order valence-electron chi connectivity index (χ0n) is 20.2. The summed E-state index contributed by atoms with van der Waals surface area (Å²) in [6, 6.07) is 25.4. The first-order valence-electron chi connectivity index (χ1n) is 11.9. The van der Waals surface area contributed by atoms with E-state index in [1.165, 1.54) is 0 Å². The van der Waals surface area contributed by atoms with Gasteiger partial charge in [-0.1, -0.05) is 79.4 Å². The maximum atomic E-state index is 13.6. The third-order valence-electron chi connectivity index (χ3n) is 6.18. The second kappa shape index (κ2) is 10.4. The van der Waals surface area contributed by atoms with E-state index in [1.807, 2.05) is 72.9 Å². The van der Waals surface area contributed by atoms with Crippen molar-refractivity contribution in [2.75, 3.05) is 19.0 Å². The molecule has 0 saturated heterocycles. The van der Waals surface area contributed by atoms with Gasteiger partial charge in [-0.15, -0.1) is 0 Å². The minimum atomic E-state index is -0.419. The van der Waals surface area contributed by atoms with E-state index < -0.39 is 6.04 Å². The molecule has 0 amide bonds. The second-order valence-corrected chi connectivity index (χ2v) is 8.64. The molecule has 4 aromatic rings.